The number of halogens is 2. The van der Waals surface area contributed by atoms with Crippen molar-refractivity contribution in [1.29, 1.82) is 0 Å². The Labute approximate surface area is 125 Å². The molecule has 6 nitrogen and oxygen atoms in total. The highest BCUT2D eigenvalue weighted by atomic mass is 19.1. The molecule has 0 radical (unpaired) electrons. The molecule has 22 heavy (non-hydrogen) atoms. The minimum atomic E-state index is -0.747. The van der Waals surface area contributed by atoms with Crippen LogP contribution in [0.3, 0.4) is 0 Å². The third kappa shape index (κ3) is 4.19. The third-order valence-electron chi connectivity index (χ3n) is 2.67. The van der Waals surface area contributed by atoms with Crippen molar-refractivity contribution in [1.82, 2.24) is 15.3 Å². The molecule has 0 aliphatic carbocycles. The maximum Gasteiger partial charge on any atom is 0.271 e. The highest BCUT2D eigenvalue weighted by Gasteiger charge is 2.09. The second-order valence-electron chi connectivity index (χ2n) is 4.28. The molecule has 0 spiro atoms. The van der Waals surface area contributed by atoms with Crippen LogP contribution in [0.25, 0.3) is 0 Å². The van der Waals surface area contributed by atoms with Crippen molar-refractivity contribution in [3.63, 3.8) is 0 Å². The summed E-state index contributed by atoms with van der Waals surface area (Å²) in [5, 5.41) is 5.25. The first-order valence-corrected chi connectivity index (χ1v) is 6.41. The van der Waals surface area contributed by atoms with Crippen LogP contribution in [0.5, 0.6) is 0 Å². The number of rotatable bonds is 6. The normalized spacial score (nSPS) is 10.3. The first-order chi connectivity index (χ1) is 10.6. The Balaban J connectivity index is 2.01. The van der Waals surface area contributed by atoms with Crippen LogP contribution in [0.4, 0.5) is 20.3 Å². The molecule has 0 saturated carbocycles. The van der Waals surface area contributed by atoms with E-state index < -0.39 is 11.6 Å². The van der Waals surface area contributed by atoms with E-state index in [0.717, 1.165) is 12.1 Å². The Hall–Kier alpha value is -2.61. The molecule has 1 amide bonds. The smallest absolute Gasteiger partial charge is 0.271 e. The summed E-state index contributed by atoms with van der Waals surface area (Å²) in [4.78, 5) is 19.6. The molecule has 0 aliphatic rings. The van der Waals surface area contributed by atoms with Gasteiger partial charge >= 0.3 is 0 Å². The number of anilines is 2. The number of hydrogen-bond acceptors (Lipinski definition) is 5. The SMILES string of the molecule is COCCNC(=O)c1cnc(Nc2ccc(F)cc2F)cn1. The maximum absolute atomic E-state index is 13.5. The Kier molecular flexibility index (Phi) is 5.31. The molecule has 0 saturated heterocycles. The largest absolute Gasteiger partial charge is 0.383 e. The fourth-order valence-electron chi connectivity index (χ4n) is 1.60. The van der Waals surface area contributed by atoms with E-state index in [4.69, 9.17) is 4.74 Å². The Bertz CT molecular complexity index is 650. The van der Waals surface area contributed by atoms with Crippen molar-refractivity contribution in [2.75, 3.05) is 25.6 Å². The third-order valence-corrected chi connectivity index (χ3v) is 2.67. The minimum absolute atomic E-state index is 0.0630. The number of ether oxygens (including phenoxy) is 1. The Morgan fingerprint density at radius 3 is 2.73 bits per heavy atom. The lowest BCUT2D eigenvalue weighted by molar-refractivity contribution is 0.0932. The van der Waals surface area contributed by atoms with Gasteiger partial charge in [0.1, 0.15) is 23.1 Å². The lowest BCUT2D eigenvalue weighted by Gasteiger charge is -2.07. The predicted octanol–water partition coefficient (Wildman–Crippen LogP) is 1.87. The van der Waals surface area contributed by atoms with E-state index in [1.807, 2.05) is 0 Å². The number of methoxy groups -OCH3 is 1. The van der Waals surface area contributed by atoms with Crippen molar-refractivity contribution < 1.29 is 18.3 Å². The van der Waals surface area contributed by atoms with Gasteiger partial charge in [-0.25, -0.2) is 18.7 Å². The molecular weight excluding hydrogens is 294 g/mol. The van der Waals surface area contributed by atoms with E-state index in [-0.39, 0.29) is 23.1 Å². The molecule has 2 N–H and O–H groups in total. The molecule has 1 aromatic heterocycles. The molecular formula is C14H14F2N4O2. The number of nitrogens with one attached hydrogen (secondary N) is 2. The highest BCUT2D eigenvalue weighted by Crippen LogP contribution is 2.18. The Morgan fingerprint density at radius 1 is 1.27 bits per heavy atom. The maximum atomic E-state index is 13.5. The topological polar surface area (TPSA) is 76.1 Å². The van der Waals surface area contributed by atoms with Crippen LogP contribution >= 0.6 is 0 Å². The lowest BCUT2D eigenvalue weighted by Crippen LogP contribution is -2.27. The van der Waals surface area contributed by atoms with Crippen LogP contribution in [-0.4, -0.2) is 36.1 Å². The summed E-state index contributed by atoms with van der Waals surface area (Å²) in [5.41, 5.74) is 0.189. The molecule has 0 aliphatic heterocycles. The van der Waals surface area contributed by atoms with Crippen LogP contribution in [0.15, 0.2) is 30.6 Å². The zero-order valence-electron chi connectivity index (χ0n) is 11.8. The fraction of sp³-hybridized carbons (Fsp3) is 0.214. The number of nitrogens with zero attached hydrogens (tertiary/aromatic N) is 2. The van der Waals surface area contributed by atoms with Crippen LogP contribution in [0.1, 0.15) is 10.5 Å². The van der Waals surface area contributed by atoms with Crippen molar-refractivity contribution >= 4 is 17.4 Å². The quantitative estimate of drug-likeness (QED) is 0.797. The van der Waals surface area contributed by atoms with E-state index in [0.29, 0.717) is 13.2 Å². The average Bonchev–Trinajstić information content (AvgIpc) is 2.51. The van der Waals surface area contributed by atoms with E-state index >= 15 is 0 Å². The van der Waals surface area contributed by atoms with Crippen molar-refractivity contribution in [3.8, 4) is 0 Å². The van der Waals surface area contributed by atoms with Gasteiger partial charge in [-0.15, -0.1) is 0 Å². The van der Waals surface area contributed by atoms with Gasteiger partial charge in [-0.2, -0.15) is 0 Å². The van der Waals surface area contributed by atoms with Crippen LogP contribution in [0, 0.1) is 11.6 Å². The number of carbonyl (C=O) groups excluding carboxylic acids is 1. The first-order valence-electron chi connectivity index (χ1n) is 6.41. The summed E-state index contributed by atoms with van der Waals surface area (Å²) in [6.07, 6.45) is 2.54. The van der Waals surface area contributed by atoms with Gasteiger partial charge in [0, 0.05) is 19.7 Å². The number of carbonyl (C=O) groups is 1. The Morgan fingerprint density at radius 2 is 2.09 bits per heavy atom. The van der Waals surface area contributed by atoms with E-state index in [2.05, 4.69) is 20.6 Å². The summed E-state index contributed by atoms with van der Waals surface area (Å²) in [7, 11) is 1.53. The summed E-state index contributed by atoms with van der Waals surface area (Å²) in [6, 6.07) is 3.13. The van der Waals surface area contributed by atoms with Crippen molar-refractivity contribution in [3.05, 3.63) is 47.9 Å². The number of amides is 1. The highest BCUT2D eigenvalue weighted by molar-refractivity contribution is 5.92. The zero-order valence-corrected chi connectivity index (χ0v) is 11.8. The molecule has 1 heterocycles. The number of hydrogen-bond donors (Lipinski definition) is 2. The standard InChI is InChI=1S/C14H14F2N4O2/c1-22-5-4-17-14(21)12-7-19-13(8-18-12)20-11-3-2-9(15)6-10(11)16/h2-3,6-8H,4-5H2,1H3,(H,17,21)(H,19,20). The van der Waals surface area contributed by atoms with Gasteiger partial charge in [0.2, 0.25) is 0 Å². The van der Waals surface area contributed by atoms with Gasteiger partial charge in [-0.1, -0.05) is 0 Å². The molecule has 8 heteroatoms. The predicted molar refractivity (Wildman–Crippen MR) is 75.9 cm³/mol. The van der Waals surface area contributed by atoms with Crippen LogP contribution in [0.2, 0.25) is 0 Å². The lowest BCUT2D eigenvalue weighted by atomic mass is 10.3. The van der Waals surface area contributed by atoms with Gasteiger partial charge in [-0.3, -0.25) is 4.79 Å². The summed E-state index contributed by atoms with van der Waals surface area (Å²) in [5.74, 6) is -1.57. The monoisotopic (exact) mass is 308 g/mol. The van der Waals surface area contributed by atoms with Gasteiger partial charge < -0.3 is 15.4 Å². The number of aromatic nitrogens is 2. The zero-order chi connectivity index (χ0) is 15.9. The van der Waals surface area contributed by atoms with E-state index in [1.165, 1.54) is 25.6 Å². The van der Waals surface area contributed by atoms with Crippen molar-refractivity contribution in [2.24, 2.45) is 0 Å². The van der Waals surface area contributed by atoms with Gasteiger partial charge in [0.05, 0.1) is 24.7 Å². The molecule has 0 unspecified atom stereocenters. The fourth-order valence-corrected chi connectivity index (χ4v) is 1.60. The summed E-state index contributed by atoms with van der Waals surface area (Å²) < 4.78 is 31.1. The van der Waals surface area contributed by atoms with E-state index in [9.17, 15) is 13.6 Å². The van der Waals surface area contributed by atoms with Crippen molar-refractivity contribution in [2.45, 2.75) is 0 Å². The average molecular weight is 308 g/mol. The number of benzene rings is 1. The summed E-state index contributed by atoms with van der Waals surface area (Å²) in [6.45, 7) is 0.750. The summed E-state index contributed by atoms with van der Waals surface area (Å²) >= 11 is 0. The van der Waals surface area contributed by atoms with Crippen LogP contribution in [-0.2, 0) is 4.74 Å². The van der Waals surface area contributed by atoms with E-state index in [1.54, 1.807) is 0 Å². The molecule has 116 valence electrons. The van der Waals surface area contributed by atoms with Gasteiger partial charge in [-0.05, 0) is 12.1 Å². The van der Waals surface area contributed by atoms with Gasteiger partial charge in [0.25, 0.3) is 5.91 Å². The minimum Gasteiger partial charge on any atom is -0.383 e. The first kappa shape index (κ1) is 15.8. The molecule has 1 aromatic carbocycles. The second kappa shape index (κ2) is 7.41. The molecule has 0 atom stereocenters. The molecule has 0 bridgehead atoms. The van der Waals surface area contributed by atoms with Gasteiger partial charge in [0.15, 0.2) is 0 Å². The second-order valence-corrected chi connectivity index (χ2v) is 4.28. The van der Waals surface area contributed by atoms with Crippen LogP contribution < -0.4 is 10.6 Å². The molecule has 2 rings (SSSR count). The molecule has 0 fully saturated rings. The molecule has 2 aromatic rings.